The van der Waals surface area contributed by atoms with E-state index in [0.717, 1.165) is 34.6 Å². The highest BCUT2D eigenvalue weighted by molar-refractivity contribution is 5.91. The number of carbonyl (C=O) groups is 1. The fourth-order valence-corrected chi connectivity index (χ4v) is 3.14. The second-order valence-electron chi connectivity index (χ2n) is 6.83. The van der Waals surface area contributed by atoms with Crippen LogP contribution >= 0.6 is 0 Å². The second-order valence-corrected chi connectivity index (χ2v) is 6.83. The maximum atomic E-state index is 12.3. The topological polar surface area (TPSA) is 64.7 Å². The van der Waals surface area contributed by atoms with Crippen molar-refractivity contribution in [1.29, 1.82) is 0 Å². The number of benzene rings is 2. The van der Waals surface area contributed by atoms with Gasteiger partial charge in [0.25, 0.3) is 0 Å². The van der Waals surface area contributed by atoms with E-state index in [2.05, 4.69) is 10.4 Å². The van der Waals surface area contributed by atoms with Gasteiger partial charge in [0.15, 0.2) is 0 Å². The Kier molecular flexibility index (Phi) is 5.85. The van der Waals surface area contributed by atoms with Crippen molar-refractivity contribution in [2.24, 2.45) is 0 Å². The number of para-hydroxylation sites is 1. The minimum Gasteiger partial charge on any atom is -0.348 e. The number of hydrogen-bond donors (Lipinski definition) is 1. The molecule has 150 valence electrons. The highest BCUT2D eigenvalue weighted by Crippen LogP contribution is 2.23. The van der Waals surface area contributed by atoms with Crippen LogP contribution in [0, 0.1) is 0 Å². The quantitative estimate of drug-likeness (QED) is 0.478. The molecule has 1 N–H and O–H groups in total. The number of aryl methyl sites for hydroxylation is 1. The number of nitrogens with zero attached hydrogens (tertiary/aromatic N) is 4. The zero-order chi connectivity index (χ0) is 20.8. The lowest BCUT2D eigenvalue weighted by atomic mass is 10.1. The van der Waals surface area contributed by atoms with E-state index in [-0.39, 0.29) is 5.91 Å². The van der Waals surface area contributed by atoms with Crippen LogP contribution in [0.2, 0.25) is 0 Å². The van der Waals surface area contributed by atoms with Gasteiger partial charge in [-0.15, -0.1) is 0 Å². The third-order valence-corrected chi connectivity index (χ3v) is 4.72. The zero-order valence-electron chi connectivity index (χ0n) is 16.8. The molecule has 4 rings (SSSR count). The summed E-state index contributed by atoms with van der Waals surface area (Å²) in [4.78, 5) is 12.3. The fourth-order valence-electron chi connectivity index (χ4n) is 3.14. The summed E-state index contributed by atoms with van der Waals surface area (Å²) in [5.74, 6) is -0.161. The van der Waals surface area contributed by atoms with E-state index >= 15 is 0 Å². The van der Waals surface area contributed by atoms with Crippen molar-refractivity contribution >= 4 is 12.0 Å². The minimum absolute atomic E-state index is 0.161. The molecule has 0 bridgehead atoms. The van der Waals surface area contributed by atoms with Crippen molar-refractivity contribution in [1.82, 2.24) is 24.9 Å². The van der Waals surface area contributed by atoms with Gasteiger partial charge < -0.3 is 5.32 Å². The van der Waals surface area contributed by atoms with Gasteiger partial charge in [0, 0.05) is 48.2 Å². The molecule has 2 aromatic carbocycles. The van der Waals surface area contributed by atoms with E-state index in [1.807, 2.05) is 89.3 Å². The number of amides is 1. The van der Waals surface area contributed by atoms with Crippen LogP contribution < -0.4 is 5.32 Å². The molecular weight excluding hydrogens is 374 g/mol. The van der Waals surface area contributed by atoms with Crippen LogP contribution in [0.5, 0.6) is 0 Å². The summed E-state index contributed by atoms with van der Waals surface area (Å²) < 4.78 is 3.67. The molecule has 0 aliphatic rings. The number of rotatable bonds is 7. The standard InChI is InChI=1S/C24H23N5O/c1-2-28-17-19(15-26-28)13-14-23(30)25-16-21-18-29(22-11-7-4-8-12-22)27-24(21)20-9-5-3-6-10-20/h3-15,17-18H,2,16H2,1H3,(H,25,30)/b14-13+. The molecule has 2 aromatic heterocycles. The number of hydrogen-bond acceptors (Lipinski definition) is 3. The van der Waals surface area contributed by atoms with Gasteiger partial charge in [0.1, 0.15) is 0 Å². The normalized spacial score (nSPS) is 11.1. The minimum atomic E-state index is -0.161. The average molecular weight is 397 g/mol. The third-order valence-electron chi connectivity index (χ3n) is 4.72. The number of carbonyl (C=O) groups excluding carboxylic acids is 1. The van der Waals surface area contributed by atoms with Gasteiger partial charge in [-0.2, -0.15) is 10.2 Å². The third kappa shape index (κ3) is 4.55. The Labute approximate surface area is 175 Å². The highest BCUT2D eigenvalue weighted by Gasteiger charge is 2.12. The van der Waals surface area contributed by atoms with Crippen molar-refractivity contribution < 1.29 is 4.79 Å². The lowest BCUT2D eigenvalue weighted by molar-refractivity contribution is -0.116. The van der Waals surface area contributed by atoms with Gasteiger partial charge in [-0.3, -0.25) is 9.48 Å². The summed E-state index contributed by atoms with van der Waals surface area (Å²) in [5.41, 5.74) is 4.69. The summed E-state index contributed by atoms with van der Waals surface area (Å²) in [5, 5.41) is 11.9. The maximum absolute atomic E-state index is 12.3. The lowest BCUT2D eigenvalue weighted by Gasteiger charge is -2.03. The van der Waals surface area contributed by atoms with E-state index in [0.29, 0.717) is 6.54 Å². The van der Waals surface area contributed by atoms with Gasteiger partial charge in [-0.05, 0) is 25.1 Å². The van der Waals surface area contributed by atoms with E-state index in [1.54, 1.807) is 12.3 Å². The molecule has 2 heterocycles. The zero-order valence-corrected chi connectivity index (χ0v) is 16.8. The van der Waals surface area contributed by atoms with Gasteiger partial charge >= 0.3 is 0 Å². The molecule has 30 heavy (non-hydrogen) atoms. The van der Waals surface area contributed by atoms with Crippen molar-refractivity contribution in [3.63, 3.8) is 0 Å². The predicted octanol–water partition coefficient (Wildman–Crippen LogP) is 4.09. The number of nitrogens with one attached hydrogen (secondary N) is 1. The largest absolute Gasteiger partial charge is 0.348 e. The summed E-state index contributed by atoms with van der Waals surface area (Å²) in [6.07, 6.45) is 8.90. The van der Waals surface area contributed by atoms with Crippen LogP contribution in [0.15, 0.2) is 85.3 Å². The van der Waals surface area contributed by atoms with Crippen LogP contribution in [0.3, 0.4) is 0 Å². The average Bonchev–Trinajstić information content (AvgIpc) is 3.44. The molecule has 4 aromatic rings. The smallest absolute Gasteiger partial charge is 0.244 e. The molecule has 0 atom stereocenters. The first-order chi connectivity index (χ1) is 14.7. The first kappa shape index (κ1) is 19.4. The summed E-state index contributed by atoms with van der Waals surface area (Å²) in [6, 6.07) is 19.9. The van der Waals surface area contributed by atoms with Gasteiger partial charge in [0.05, 0.1) is 17.6 Å². The first-order valence-electron chi connectivity index (χ1n) is 9.90. The van der Waals surface area contributed by atoms with E-state index < -0.39 is 0 Å². The Morgan fingerprint density at radius 3 is 2.47 bits per heavy atom. The monoisotopic (exact) mass is 397 g/mol. The van der Waals surface area contributed by atoms with Gasteiger partial charge in [0.2, 0.25) is 5.91 Å². The molecule has 0 unspecified atom stereocenters. The van der Waals surface area contributed by atoms with Crippen LogP contribution in [0.1, 0.15) is 18.1 Å². The molecule has 0 saturated carbocycles. The van der Waals surface area contributed by atoms with Crippen molar-refractivity contribution in [3.8, 4) is 16.9 Å². The molecule has 0 aliphatic heterocycles. The van der Waals surface area contributed by atoms with Crippen LogP contribution in [-0.4, -0.2) is 25.5 Å². The van der Waals surface area contributed by atoms with Crippen molar-refractivity contribution in [3.05, 3.63) is 96.5 Å². The Bertz CT molecular complexity index is 1140. The fraction of sp³-hybridized carbons (Fsp3) is 0.125. The van der Waals surface area contributed by atoms with E-state index in [4.69, 9.17) is 5.10 Å². The Hall–Kier alpha value is -3.93. The van der Waals surface area contributed by atoms with Crippen molar-refractivity contribution in [2.45, 2.75) is 20.0 Å². The van der Waals surface area contributed by atoms with E-state index in [1.165, 1.54) is 6.08 Å². The maximum Gasteiger partial charge on any atom is 0.244 e. The molecule has 0 radical (unpaired) electrons. The Balaban J connectivity index is 1.52. The van der Waals surface area contributed by atoms with Crippen molar-refractivity contribution in [2.75, 3.05) is 0 Å². The molecule has 1 amide bonds. The van der Waals surface area contributed by atoms with Gasteiger partial charge in [-0.25, -0.2) is 4.68 Å². The van der Waals surface area contributed by atoms with Crippen LogP contribution in [-0.2, 0) is 17.9 Å². The summed E-state index contributed by atoms with van der Waals surface area (Å²) in [6.45, 7) is 3.20. The summed E-state index contributed by atoms with van der Waals surface area (Å²) >= 11 is 0. The molecule has 0 saturated heterocycles. The molecular formula is C24H23N5O. The SMILES string of the molecule is CCn1cc(/C=C/C(=O)NCc2cn(-c3ccccc3)nc2-c2ccccc2)cn1. The highest BCUT2D eigenvalue weighted by atomic mass is 16.1. The first-order valence-corrected chi connectivity index (χ1v) is 9.90. The second kappa shape index (κ2) is 9.05. The predicted molar refractivity (Wildman–Crippen MR) is 118 cm³/mol. The number of aromatic nitrogens is 4. The molecule has 0 spiro atoms. The Morgan fingerprint density at radius 1 is 1.03 bits per heavy atom. The Morgan fingerprint density at radius 2 is 1.77 bits per heavy atom. The molecule has 0 aliphatic carbocycles. The molecule has 6 heteroatoms. The summed E-state index contributed by atoms with van der Waals surface area (Å²) in [7, 11) is 0. The van der Waals surface area contributed by atoms with E-state index in [9.17, 15) is 4.79 Å². The molecule has 6 nitrogen and oxygen atoms in total. The van der Waals surface area contributed by atoms with Crippen LogP contribution in [0.4, 0.5) is 0 Å². The lowest BCUT2D eigenvalue weighted by Crippen LogP contribution is -2.20. The van der Waals surface area contributed by atoms with Crippen LogP contribution in [0.25, 0.3) is 23.0 Å². The van der Waals surface area contributed by atoms with Gasteiger partial charge in [-0.1, -0.05) is 48.5 Å². The molecule has 0 fully saturated rings.